The SMILES string of the molecule is OC1CCCc2c(OCCN3CCOCC3)ccnc21. The fourth-order valence-electron chi connectivity index (χ4n) is 2.88. The van der Waals surface area contributed by atoms with Gasteiger partial charge >= 0.3 is 0 Å². The van der Waals surface area contributed by atoms with Gasteiger partial charge in [-0.1, -0.05) is 0 Å². The summed E-state index contributed by atoms with van der Waals surface area (Å²) in [5, 5.41) is 9.97. The van der Waals surface area contributed by atoms with Crippen LogP contribution >= 0.6 is 0 Å². The molecule has 1 aromatic rings. The van der Waals surface area contributed by atoms with Crippen molar-refractivity contribution < 1.29 is 14.6 Å². The number of aromatic nitrogens is 1. The predicted molar refractivity (Wildman–Crippen MR) is 74.9 cm³/mol. The summed E-state index contributed by atoms with van der Waals surface area (Å²) in [5.41, 5.74) is 1.90. The fourth-order valence-corrected chi connectivity index (χ4v) is 2.88. The second-order valence-electron chi connectivity index (χ2n) is 5.38. The van der Waals surface area contributed by atoms with Gasteiger partial charge in [0.05, 0.1) is 25.0 Å². The largest absolute Gasteiger partial charge is 0.492 e. The molecule has 1 aromatic heterocycles. The van der Waals surface area contributed by atoms with Gasteiger partial charge in [-0.15, -0.1) is 0 Å². The number of hydrogen-bond acceptors (Lipinski definition) is 5. The lowest BCUT2D eigenvalue weighted by atomic mass is 9.93. The molecule has 5 nitrogen and oxygen atoms in total. The highest BCUT2D eigenvalue weighted by Gasteiger charge is 2.22. The zero-order valence-corrected chi connectivity index (χ0v) is 11.8. The van der Waals surface area contributed by atoms with Gasteiger partial charge in [0.25, 0.3) is 0 Å². The Morgan fingerprint density at radius 2 is 2.25 bits per heavy atom. The van der Waals surface area contributed by atoms with E-state index in [1.807, 2.05) is 6.07 Å². The van der Waals surface area contributed by atoms with Crippen molar-refractivity contribution in [1.82, 2.24) is 9.88 Å². The van der Waals surface area contributed by atoms with Crippen molar-refractivity contribution >= 4 is 0 Å². The zero-order chi connectivity index (χ0) is 13.8. The van der Waals surface area contributed by atoms with E-state index in [0.717, 1.165) is 69.1 Å². The van der Waals surface area contributed by atoms with Crippen LogP contribution in [0.5, 0.6) is 5.75 Å². The molecule has 0 aromatic carbocycles. The molecule has 0 radical (unpaired) electrons. The molecule has 2 aliphatic rings. The predicted octanol–water partition coefficient (Wildman–Crippen LogP) is 1.16. The molecule has 110 valence electrons. The van der Waals surface area contributed by atoms with Crippen molar-refractivity contribution in [3.05, 3.63) is 23.5 Å². The summed E-state index contributed by atoms with van der Waals surface area (Å²) in [6.45, 7) is 5.19. The fraction of sp³-hybridized carbons (Fsp3) is 0.667. The molecule has 0 saturated carbocycles. The third-order valence-corrected chi connectivity index (χ3v) is 4.03. The molecule has 0 bridgehead atoms. The average molecular weight is 278 g/mol. The van der Waals surface area contributed by atoms with Crippen molar-refractivity contribution in [1.29, 1.82) is 0 Å². The molecule has 2 heterocycles. The van der Waals surface area contributed by atoms with E-state index in [1.165, 1.54) is 0 Å². The van der Waals surface area contributed by atoms with Crippen molar-refractivity contribution in [3.8, 4) is 5.75 Å². The molecule has 20 heavy (non-hydrogen) atoms. The number of rotatable bonds is 4. The molecule has 1 saturated heterocycles. The number of nitrogens with zero attached hydrogens (tertiary/aromatic N) is 2. The maximum atomic E-state index is 9.97. The highest BCUT2D eigenvalue weighted by atomic mass is 16.5. The van der Waals surface area contributed by atoms with Gasteiger partial charge < -0.3 is 14.6 Å². The summed E-state index contributed by atoms with van der Waals surface area (Å²) in [6.07, 6.45) is 4.06. The van der Waals surface area contributed by atoms with Gasteiger partial charge in [0.15, 0.2) is 0 Å². The Balaban J connectivity index is 1.58. The summed E-state index contributed by atoms with van der Waals surface area (Å²) in [7, 11) is 0. The Hall–Kier alpha value is -1.17. The van der Waals surface area contributed by atoms with Crippen LogP contribution in [0.3, 0.4) is 0 Å². The monoisotopic (exact) mass is 278 g/mol. The molecule has 3 rings (SSSR count). The second-order valence-corrected chi connectivity index (χ2v) is 5.38. The van der Waals surface area contributed by atoms with E-state index < -0.39 is 6.10 Å². The first kappa shape index (κ1) is 13.8. The normalized spacial score (nSPS) is 23.4. The van der Waals surface area contributed by atoms with E-state index in [1.54, 1.807) is 6.20 Å². The first-order valence-electron chi connectivity index (χ1n) is 7.43. The Kier molecular flexibility index (Phi) is 4.50. The lowest BCUT2D eigenvalue weighted by Crippen LogP contribution is -2.38. The van der Waals surface area contributed by atoms with Crippen LogP contribution in [0.2, 0.25) is 0 Å². The molecule has 1 aliphatic heterocycles. The third kappa shape index (κ3) is 3.11. The highest BCUT2D eigenvalue weighted by Crippen LogP contribution is 2.33. The van der Waals surface area contributed by atoms with Crippen LogP contribution in [0.25, 0.3) is 0 Å². The van der Waals surface area contributed by atoms with Crippen LogP contribution in [0, 0.1) is 0 Å². The molecular formula is C15H22N2O3. The van der Waals surface area contributed by atoms with Crippen molar-refractivity contribution in [2.45, 2.75) is 25.4 Å². The molecule has 1 fully saturated rings. The maximum Gasteiger partial charge on any atom is 0.126 e. The Morgan fingerprint density at radius 1 is 1.40 bits per heavy atom. The van der Waals surface area contributed by atoms with Crippen LogP contribution in [0.4, 0.5) is 0 Å². The Bertz CT molecular complexity index is 447. The topological polar surface area (TPSA) is 54.8 Å². The van der Waals surface area contributed by atoms with Gasteiger partial charge in [-0.3, -0.25) is 9.88 Å². The molecule has 0 amide bonds. The van der Waals surface area contributed by atoms with E-state index in [2.05, 4.69) is 9.88 Å². The Labute approximate surface area is 119 Å². The Morgan fingerprint density at radius 3 is 3.10 bits per heavy atom. The summed E-state index contributed by atoms with van der Waals surface area (Å²) in [5.74, 6) is 0.891. The minimum absolute atomic E-state index is 0.429. The highest BCUT2D eigenvalue weighted by molar-refractivity contribution is 5.38. The summed E-state index contributed by atoms with van der Waals surface area (Å²) >= 11 is 0. The number of aliphatic hydroxyl groups excluding tert-OH is 1. The van der Waals surface area contributed by atoms with E-state index in [0.29, 0.717) is 6.61 Å². The number of aliphatic hydroxyl groups is 1. The van der Waals surface area contributed by atoms with E-state index in [9.17, 15) is 5.11 Å². The van der Waals surface area contributed by atoms with E-state index >= 15 is 0 Å². The third-order valence-electron chi connectivity index (χ3n) is 4.03. The van der Waals surface area contributed by atoms with Gasteiger partial charge in [0.1, 0.15) is 12.4 Å². The van der Waals surface area contributed by atoms with Crippen LogP contribution in [0.1, 0.15) is 30.2 Å². The van der Waals surface area contributed by atoms with Crippen LogP contribution < -0.4 is 4.74 Å². The zero-order valence-electron chi connectivity index (χ0n) is 11.8. The van der Waals surface area contributed by atoms with Gasteiger partial charge in [-0.2, -0.15) is 0 Å². The average Bonchev–Trinajstić information content (AvgIpc) is 2.49. The van der Waals surface area contributed by atoms with E-state index in [4.69, 9.17) is 9.47 Å². The molecule has 1 N–H and O–H groups in total. The van der Waals surface area contributed by atoms with E-state index in [-0.39, 0.29) is 0 Å². The van der Waals surface area contributed by atoms with Gasteiger partial charge in [-0.25, -0.2) is 0 Å². The van der Waals surface area contributed by atoms with Gasteiger partial charge in [-0.05, 0) is 25.3 Å². The smallest absolute Gasteiger partial charge is 0.126 e. The number of fused-ring (bicyclic) bond motifs is 1. The standard InChI is InChI=1S/C15H22N2O3/c18-13-3-1-2-12-14(4-5-16-15(12)13)20-11-8-17-6-9-19-10-7-17/h4-5,13,18H,1-3,6-11H2. The quantitative estimate of drug-likeness (QED) is 0.896. The summed E-state index contributed by atoms with van der Waals surface area (Å²) < 4.78 is 11.3. The first-order chi connectivity index (χ1) is 9.84. The van der Waals surface area contributed by atoms with Crippen molar-refractivity contribution in [2.75, 3.05) is 39.5 Å². The summed E-state index contributed by atoms with van der Waals surface area (Å²) in [4.78, 5) is 6.66. The lowest BCUT2D eigenvalue weighted by Gasteiger charge is -2.27. The molecule has 1 aliphatic carbocycles. The molecule has 5 heteroatoms. The van der Waals surface area contributed by atoms with Crippen LogP contribution in [-0.2, 0) is 11.2 Å². The van der Waals surface area contributed by atoms with Gasteiger partial charge in [0, 0.05) is 31.4 Å². The second kappa shape index (κ2) is 6.52. The molecular weight excluding hydrogens is 256 g/mol. The van der Waals surface area contributed by atoms with Crippen molar-refractivity contribution in [3.63, 3.8) is 0 Å². The van der Waals surface area contributed by atoms with Gasteiger partial charge in [0.2, 0.25) is 0 Å². The maximum absolute atomic E-state index is 9.97. The molecule has 0 spiro atoms. The first-order valence-corrected chi connectivity index (χ1v) is 7.43. The number of hydrogen-bond donors (Lipinski definition) is 1. The molecule has 1 atom stereocenters. The number of ether oxygens (including phenoxy) is 2. The van der Waals surface area contributed by atoms with Crippen LogP contribution in [-0.4, -0.2) is 54.4 Å². The number of pyridine rings is 1. The lowest BCUT2D eigenvalue weighted by molar-refractivity contribution is 0.0321. The summed E-state index contributed by atoms with van der Waals surface area (Å²) in [6, 6.07) is 1.91. The number of morpholine rings is 1. The minimum atomic E-state index is -0.429. The van der Waals surface area contributed by atoms with Crippen LogP contribution in [0.15, 0.2) is 12.3 Å². The van der Waals surface area contributed by atoms with Crippen molar-refractivity contribution in [2.24, 2.45) is 0 Å². The minimum Gasteiger partial charge on any atom is -0.492 e. The molecule has 1 unspecified atom stereocenters.